The normalized spacial score (nSPS) is 13.8. The molecule has 1 saturated heterocycles. The minimum Gasteiger partial charge on any atom is -0.495 e. The number of ether oxygens (including phenoxy) is 1. The van der Waals surface area contributed by atoms with Crippen molar-refractivity contribution in [3.8, 4) is 5.75 Å². The fourth-order valence-corrected chi connectivity index (χ4v) is 3.17. The summed E-state index contributed by atoms with van der Waals surface area (Å²) in [5.74, 6) is 0.558. The second-order valence-electron chi connectivity index (χ2n) is 6.00. The molecule has 1 fully saturated rings. The van der Waals surface area contributed by atoms with Crippen LogP contribution in [-0.2, 0) is 4.79 Å². The molecule has 6 heteroatoms. The van der Waals surface area contributed by atoms with Gasteiger partial charge >= 0.3 is 6.03 Å². The van der Waals surface area contributed by atoms with Gasteiger partial charge in [-0.15, -0.1) is 0 Å². The number of methoxy groups -OCH3 is 1. The molecule has 0 spiro atoms. The molecule has 0 N–H and O–H groups in total. The Bertz CT molecular complexity index is 779. The number of carbonyl (C=O) groups excluding carboxylic acids is 2. The van der Waals surface area contributed by atoms with E-state index in [9.17, 15) is 9.59 Å². The van der Waals surface area contributed by atoms with Gasteiger partial charge in [0.1, 0.15) is 12.3 Å². The summed E-state index contributed by atoms with van der Waals surface area (Å²) in [4.78, 5) is 30.4. The van der Waals surface area contributed by atoms with Gasteiger partial charge in [-0.25, -0.2) is 4.79 Å². The average Bonchev–Trinajstić information content (AvgIpc) is 3.03. The molecule has 2 aromatic rings. The Balaban J connectivity index is 1.71. The smallest absolute Gasteiger partial charge is 0.325 e. The number of nitrogens with zero attached hydrogens (tertiary/aromatic N) is 3. The van der Waals surface area contributed by atoms with E-state index in [2.05, 4.69) is 0 Å². The predicted molar refractivity (Wildman–Crippen MR) is 102 cm³/mol. The third-order valence-electron chi connectivity index (χ3n) is 4.48. The molecule has 136 valence electrons. The monoisotopic (exact) mass is 353 g/mol. The van der Waals surface area contributed by atoms with Crippen molar-refractivity contribution in [2.45, 2.75) is 6.92 Å². The van der Waals surface area contributed by atoms with Crippen LogP contribution in [0, 0.1) is 0 Å². The predicted octanol–water partition coefficient (Wildman–Crippen LogP) is 2.99. The van der Waals surface area contributed by atoms with E-state index in [1.807, 2.05) is 61.5 Å². The van der Waals surface area contributed by atoms with Crippen molar-refractivity contribution in [3.63, 3.8) is 0 Å². The van der Waals surface area contributed by atoms with Gasteiger partial charge in [0, 0.05) is 25.3 Å². The number of likely N-dealkylation sites (N-methyl/N-ethyl adjacent to an activating group) is 1. The molecular formula is C20H23N3O3. The highest BCUT2D eigenvalue weighted by atomic mass is 16.5. The lowest BCUT2D eigenvalue weighted by Crippen LogP contribution is -2.42. The first kappa shape index (κ1) is 17.8. The van der Waals surface area contributed by atoms with E-state index in [1.165, 1.54) is 0 Å². The summed E-state index contributed by atoms with van der Waals surface area (Å²) >= 11 is 0. The topological polar surface area (TPSA) is 53.1 Å². The first-order valence-electron chi connectivity index (χ1n) is 8.70. The van der Waals surface area contributed by atoms with Gasteiger partial charge in [0.05, 0.1) is 12.8 Å². The van der Waals surface area contributed by atoms with E-state index in [0.29, 0.717) is 25.4 Å². The van der Waals surface area contributed by atoms with E-state index in [-0.39, 0.29) is 18.5 Å². The van der Waals surface area contributed by atoms with Gasteiger partial charge in [-0.1, -0.05) is 30.3 Å². The van der Waals surface area contributed by atoms with Crippen molar-refractivity contribution >= 4 is 23.3 Å². The summed E-state index contributed by atoms with van der Waals surface area (Å²) in [5, 5.41) is 0. The zero-order chi connectivity index (χ0) is 18.5. The molecule has 1 aliphatic heterocycles. The van der Waals surface area contributed by atoms with Crippen LogP contribution in [0.1, 0.15) is 6.92 Å². The molecule has 0 radical (unpaired) electrons. The second kappa shape index (κ2) is 7.91. The molecule has 1 heterocycles. The minimum absolute atomic E-state index is 0.0627. The fourth-order valence-electron chi connectivity index (χ4n) is 3.17. The number of carbonyl (C=O) groups is 2. The Morgan fingerprint density at radius 3 is 2.46 bits per heavy atom. The van der Waals surface area contributed by atoms with E-state index in [4.69, 9.17) is 4.74 Å². The van der Waals surface area contributed by atoms with Gasteiger partial charge in [0.15, 0.2) is 0 Å². The molecule has 0 unspecified atom stereocenters. The Morgan fingerprint density at radius 2 is 1.77 bits per heavy atom. The maximum atomic E-state index is 12.8. The van der Waals surface area contributed by atoms with Crippen molar-refractivity contribution < 1.29 is 14.3 Å². The number of benzene rings is 2. The largest absolute Gasteiger partial charge is 0.495 e. The summed E-state index contributed by atoms with van der Waals surface area (Å²) in [5.41, 5.74) is 1.57. The van der Waals surface area contributed by atoms with Crippen molar-refractivity contribution in [3.05, 3.63) is 54.6 Å². The summed E-state index contributed by atoms with van der Waals surface area (Å²) in [7, 11) is 1.58. The average molecular weight is 353 g/mol. The summed E-state index contributed by atoms with van der Waals surface area (Å²) in [6, 6.07) is 16.7. The number of anilines is 2. The lowest BCUT2D eigenvalue weighted by atomic mass is 10.2. The van der Waals surface area contributed by atoms with E-state index >= 15 is 0 Å². The molecule has 2 aromatic carbocycles. The zero-order valence-corrected chi connectivity index (χ0v) is 15.1. The van der Waals surface area contributed by atoms with Crippen LogP contribution in [0.15, 0.2) is 54.6 Å². The lowest BCUT2D eigenvalue weighted by molar-refractivity contribution is -0.119. The van der Waals surface area contributed by atoms with Gasteiger partial charge in [-0.05, 0) is 31.2 Å². The third kappa shape index (κ3) is 3.49. The van der Waals surface area contributed by atoms with Crippen molar-refractivity contribution in [2.75, 3.05) is 43.1 Å². The lowest BCUT2D eigenvalue weighted by Gasteiger charge is -2.24. The Hall–Kier alpha value is -3.02. The minimum atomic E-state index is -0.174. The Labute approximate surface area is 153 Å². The molecule has 26 heavy (non-hydrogen) atoms. The summed E-state index contributed by atoms with van der Waals surface area (Å²) in [6.45, 7) is 3.59. The van der Waals surface area contributed by atoms with Gasteiger partial charge in [-0.3, -0.25) is 9.69 Å². The van der Waals surface area contributed by atoms with Crippen LogP contribution < -0.4 is 14.5 Å². The Kier molecular flexibility index (Phi) is 5.41. The van der Waals surface area contributed by atoms with Crippen LogP contribution in [0.3, 0.4) is 0 Å². The van der Waals surface area contributed by atoms with Crippen LogP contribution in [-0.4, -0.2) is 50.1 Å². The number of rotatable bonds is 6. The molecule has 6 nitrogen and oxygen atoms in total. The van der Waals surface area contributed by atoms with Gasteiger partial charge in [0.25, 0.3) is 0 Å². The summed E-state index contributed by atoms with van der Waals surface area (Å²) < 4.78 is 5.35. The second-order valence-corrected chi connectivity index (χ2v) is 6.00. The quantitative estimate of drug-likeness (QED) is 0.802. The third-order valence-corrected chi connectivity index (χ3v) is 4.48. The van der Waals surface area contributed by atoms with Crippen LogP contribution in [0.25, 0.3) is 0 Å². The molecule has 0 saturated carbocycles. The molecule has 0 aromatic heterocycles. The molecular weight excluding hydrogens is 330 g/mol. The molecule has 3 rings (SSSR count). The Morgan fingerprint density at radius 1 is 1.08 bits per heavy atom. The van der Waals surface area contributed by atoms with Gasteiger partial charge < -0.3 is 14.5 Å². The first-order valence-corrected chi connectivity index (χ1v) is 8.70. The van der Waals surface area contributed by atoms with Crippen molar-refractivity contribution in [1.29, 1.82) is 0 Å². The fraction of sp³-hybridized carbons (Fsp3) is 0.300. The van der Waals surface area contributed by atoms with Crippen molar-refractivity contribution in [2.24, 2.45) is 0 Å². The number of urea groups is 1. The highest BCUT2D eigenvalue weighted by Gasteiger charge is 2.33. The van der Waals surface area contributed by atoms with Crippen LogP contribution in [0.5, 0.6) is 5.75 Å². The molecule has 0 bridgehead atoms. The van der Waals surface area contributed by atoms with Crippen molar-refractivity contribution in [1.82, 2.24) is 4.90 Å². The standard InChI is InChI=1S/C20H23N3O3/c1-3-22(16-9-5-4-6-10-16)19(24)15-21-13-14-23(20(21)25)17-11-7-8-12-18(17)26-2/h4-12H,3,13-15H2,1-2H3. The number of para-hydroxylation sites is 3. The maximum absolute atomic E-state index is 12.8. The van der Waals surface area contributed by atoms with E-state index < -0.39 is 0 Å². The number of hydrogen-bond donors (Lipinski definition) is 0. The van der Waals surface area contributed by atoms with Crippen LogP contribution in [0.4, 0.5) is 16.2 Å². The zero-order valence-electron chi connectivity index (χ0n) is 15.1. The number of hydrogen-bond acceptors (Lipinski definition) is 3. The first-order chi connectivity index (χ1) is 12.7. The molecule has 3 amide bonds. The SMILES string of the molecule is CCN(C(=O)CN1CCN(c2ccccc2OC)C1=O)c1ccccc1. The number of amides is 3. The van der Waals surface area contributed by atoms with E-state index in [0.717, 1.165) is 11.4 Å². The highest BCUT2D eigenvalue weighted by Crippen LogP contribution is 2.30. The highest BCUT2D eigenvalue weighted by molar-refractivity contribution is 6.01. The van der Waals surface area contributed by atoms with Crippen LogP contribution in [0.2, 0.25) is 0 Å². The maximum Gasteiger partial charge on any atom is 0.325 e. The van der Waals surface area contributed by atoms with Gasteiger partial charge in [0.2, 0.25) is 5.91 Å². The molecule has 1 aliphatic rings. The van der Waals surface area contributed by atoms with Gasteiger partial charge in [-0.2, -0.15) is 0 Å². The molecule has 0 aliphatic carbocycles. The van der Waals surface area contributed by atoms with E-state index in [1.54, 1.807) is 21.8 Å². The van der Waals surface area contributed by atoms with Crippen LogP contribution >= 0.6 is 0 Å². The molecule has 0 atom stereocenters. The summed E-state index contributed by atoms with van der Waals surface area (Å²) in [6.07, 6.45) is 0.